The van der Waals surface area contributed by atoms with Gasteiger partial charge in [-0.15, -0.1) is 0 Å². The number of para-hydroxylation sites is 1. The molecule has 5 heteroatoms. The molecule has 0 radical (unpaired) electrons. The Morgan fingerprint density at radius 3 is 2.58 bits per heavy atom. The number of carbonyl (C=O) groups excluding carboxylic acids is 1. The van der Waals surface area contributed by atoms with E-state index in [1.165, 1.54) is 70.1 Å². The number of Topliss-reactive ketones (excluding diaryl/α,β-unsaturated/α-hetero) is 1. The highest BCUT2D eigenvalue weighted by Crippen LogP contribution is 2.42. The van der Waals surface area contributed by atoms with Gasteiger partial charge in [-0.1, -0.05) is 25.0 Å². The number of piperidine rings is 1. The van der Waals surface area contributed by atoms with Crippen molar-refractivity contribution < 1.29 is 19.0 Å². The molecule has 0 amide bonds. The van der Waals surface area contributed by atoms with Gasteiger partial charge in [0, 0.05) is 25.5 Å². The Morgan fingerprint density at radius 1 is 1.10 bits per heavy atom. The highest BCUT2D eigenvalue weighted by molar-refractivity contribution is 5.79. The molecule has 0 N–H and O–H groups in total. The predicted molar refractivity (Wildman–Crippen MR) is 122 cm³/mol. The molecule has 4 rings (SSSR count). The van der Waals surface area contributed by atoms with Crippen LogP contribution >= 0.6 is 0 Å². The van der Waals surface area contributed by atoms with E-state index in [1.807, 2.05) is 13.0 Å². The van der Waals surface area contributed by atoms with Gasteiger partial charge in [0.2, 0.25) is 6.79 Å². The van der Waals surface area contributed by atoms with Crippen molar-refractivity contribution in [2.24, 2.45) is 11.8 Å². The molecule has 2 fully saturated rings. The highest BCUT2D eigenvalue weighted by atomic mass is 16.7. The summed E-state index contributed by atoms with van der Waals surface area (Å²) in [5, 5.41) is 0. The smallest absolute Gasteiger partial charge is 0.231 e. The van der Waals surface area contributed by atoms with Crippen LogP contribution in [-0.2, 0) is 9.53 Å². The van der Waals surface area contributed by atoms with Gasteiger partial charge in [-0.3, -0.25) is 4.79 Å². The van der Waals surface area contributed by atoms with E-state index in [9.17, 15) is 4.79 Å². The van der Waals surface area contributed by atoms with Crippen molar-refractivity contribution in [3.8, 4) is 11.5 Å². The summed E-state index contributed by atoms with van der Waals surface area (Å²) in [6.07, 6.45) is 10.1. The normalized spacial score (nSPS) is 25.5. The molecule has 2 heterocycles. The summed E-state index contributed by atoms with van der Waals surface area (Å²) in [6, 6.07) is 6.32. The molecule has 31 heavy (non-hydrogen) atoms. The van der Waals surface area contributed by atoms with Gasteiger partial charge < -0.3 is 19.1 Å². The lowest BCUT2D eigenvalue weighted by molar-refractivity contribution is -0.122. The molecule has 1 atom stereocenters. The predicted octanol–water partition coefficient (Wildman–Crippen LogP) is 5.18. The fourth-order valence-electron chi connectivity index (χ4n) is 5.64. The molecule has 1 saturated carbocycles. The second-order valence-corrected chi connectivity index (χ2v) is 9.87. The van der Waals surface area contributed by atoms with Gasteiger partial charge in [0.15, 0.2) is 11.5 Å². The van der Waals surface area contributed by atoms with Crippen molar-refractivity contribution in [3.05, 3.63) is 23.8 Å². The van der Waals surface area contributed by atoms with Crippen LogP contribution in [0, 0.1) is 11.8 Å². The molecular formula is C26H39NO4. The zero-order valence-corrected chi connectivity index (χ0v) is 19.3. The molecule has 2 aliphatic heterocycles. The van der Waals surface area contributed by atoms with Crippen LogP contribution in [0.15, 0.2) is 18.2 Å². The minimum atomic E-state index is 0.0525. The summed E-state index contributed by atoms with van der Waals surface area (Å²) in [4.78, 5) is 14.8. The van der Waals surface area contributed by atoms with E-state index in [0.717, 1.165) is 23.8 Å². The number of ether oxygens (including phenoxy) is 3. The Bertz CT molecular complexity index is 720. The number of methoxy groups -OCH3 is 1. The molecule has 1 saturated heterocycles. The molecule has 3 aliphatic rings. The minimum absolute atomic E-state index is 0.0525. The lowest BCUT2D eigenvalue weighted by Crippen LogP contribution is -2.34. The molecule has 0 spiro atoms. The third-order valence-corrected chi connectivity index (χ3v) is 7.71. The van der Waals surface area contributed by atoms with Crippen LogP contribution in [0.25, 0.3) is 0 Å². The van der Waals surface area contributed by atoms with Crippen molar-refractivity contribution in [1.82, 2.24) is 4.90 Å². The molecule has 172 valence electrons. The van der Waals surface area contributed by atoms with Crippen molar-refractivity contribution in [3.63, 3.8) is 0 Å². The summed E-state index contributed by atoms with van der Waals surface area (Å²) in [7, 11) is 1.68. The Kier molecular flexibility index (Phi) is 7.89. The molecule has 1 aromatic carbocycles. The SMILES string of the molecule is COC(C)CC(=O)CC1CCC(CCN2CCC(c3cccc4c3OCO4)CC2)CC1. The van der Waals surface area contributed by atoms with Crippen LogP contribution in [0.2, 0.25) is 0 Å². The van der Waals surface area contributed by atoms with Crippen LogP contribution < -0.4 is 9.47 Å². The molecular weight excluding hydrogens is 390 g/mol. The van der Waals surface area contributed by atoms with E-state index in [0.29, 0.717) is 30.8 Å². The summed E-state index contributed by atoms with van der Waals surface area (Å²) in [5.41, 5.74) is 1.34. The standard InChI is InChI=1S/C26H39NO4/c1-19(29-2)16-23(28)17-21-8-6-20(7-9-21)10-13-27-14-11-22(12-15-27)24-4-3-5-25-26(24)31-18-30-25/h3-5,19-22H,6-18H2,1-2H3. The average molecular weight is 430 g/mol. The third-order valence-electron chi connectivity index (χ3n) is 7.71. The van der Waals surface area contributed by atoms with Gasteiger partial charge >= 0.3 is 0 Å². The maximum absolute atomic E-state index is 12.2. The van der Waals surface area contributed by atoms with Crippen LogP contribution in [0.3, 0.4) is 0 Å². The first-order chi connectivity index (χ1) is 15.1. The Balaban J connectivity index is 1.14. The Labute approximate surface area is 187 Å². The molecule has 1 unspecified atom stereocenters. The first-order valence-corrected chi connectivity index (χ1v) is 12.3. The second kappa shape index (κ2) is 10.8. The van der Waals surface area contributed by atoms with Gasteiger partial charge in [-0.25, -0.2) is 0 Å². The van der Waals surface area contributed by atoms with Crippen LogP contribution in [0.1, 0.15) is 76.2 Å². The number of fused-ring (bicyclic) bond motifs is 1. The fourth-order valence-corrected chi connectivity index (χ4v) is 5.64. The van der Waals surface area contributed by atoms with Gasteiger partial charge in [0.05, 0.1) is 6.10 Å². The largest absolute Gasteiger partial charge is 0.454 e. The monoisotopic (exact) mass is 429 g/mol. The average Bonchev–Trinajstić information content (AvgIpc) is 3.28. The quantitative estimate of drug-likeness (QED) is 0.542. The summed E-state index contributed by atoms with van der Waals surface area (Å²) < 4.78 is 16.5. The van der Waals surface area contributed by atoms with Gasteiger partial charge in [-0.2, -0.15) is 0 Å². The number of rotatable bonds is 9. The zero-order chi connectivity index (χ0) is 21.6. The van der Waals surface area contributed by atoms with E-state index in [2.05, 4.69) is 17.0 Å². The van der Waals surface area contributed by atoms with Crippen LogP contribution in [-0.4, -0.2) is 50.3 Å². The topological polar surface area (TPSA) is 48.0 Å². The lowest BCUT2D eigenvalue weighted by atomic mass is 9.78. The number of likely N-dealkylation sites (tertiary alicyclic amines) is 1. The van der Waals surface area contributed by atoms with E-state index in [4.69, 9.17) is 14.2 Å². The van der Waals surface area contributed by atoms with Crippen molar-refractivity contribution in [2.75, 3.05) is 33.5 Å². The number of ketones is 1. The number of benzene rings is 1. The van der Waals surface area contributed by atoms with E-state index < -0.39 is 0 Å². The van der Waals surface area contributed by atoms with Crippen LogP contribution in [0.5, 0.6) is 11.5 Å². The number of nitrogens with zero attached hydrogens (tertiary/aromatic N) is 1. The van der Waals surface area contributed by atoms with Gasteiger partial charge in [0.25, 0.3) is 0 Å². The van der Waals surface area contributed by atoms with Crippen molar-refractivity contribution in [2.45, 2.75) is 76.7 Å². The third kappa shape index (κ3) is 6.01. The fraction of sp³-hybridized carbons (Fsp3) is 0.731. The van der Waals surface area contributed by atoms with Gasteiger partial charge in [0.1, 0.15) is 5.78 Å². The Hall–Kier alpha value is -1.59. The number of hydrogen-bond donors (Lipinski definition) is 0. The first-order valence-electron chi connectivity index (χ1n) is 12.3. The molecule has 0 aromatic heterocycles. The first kappa shape index (κ1) is 22.6. The summed E-state index contributed by atoms with van der Waals surface area (Å²) >= 11 is 0. The molecule has 1 aromatic rings. The van der Waals surface area contributed by atoms with Gasteiger partial charge in [-0.05, 0) is 82.5 Å². The number of carbonyl (C=O) groups is 1. The molecule has 1 aliphatic carbocycles. The second-order valence-electron chi connectivity index (χ2n) is 9.87. The number of hydrogen-bond acceptors (Lipinski definition) is 5. The lowest BCUT2D eigenvalue weighted by Gasteiger charge is -2.34. The maximum Gasteiger partial charge on any atom is 0.231 e. The zero-order valence-electron chi connectivity index (χ0n) is 19.3. The van der Waals surface area contributed by atoms with E-state index in [-0.39, 0.29) is 6.10 Å². The Morgan fingerprint density at radius 2 is 1.84 bits per heavy atom. The molecule has 5 nitrogen and oxygen atoms in total. The van der Waals surface area contributed by atoms with E-state index >= 15 is 0 Å². The summed E-state index contributed by atoms with van der Waals surface area (Å²) in [5.74, 6) is 4.29. The minimum Gasteiger partial charge on any atom is -0.454 e. The van der Waals surface area contributed by atoms with Crippen LogP contribution in [0.4, 0.5) is 0 Å². The highest BCUT2D eigenvalue weighted by Gasteiger charge is 2.28. The summed E-state index contributed by atoms with van der Waals surface area (Å²) in [6.45, 7) is 5.91. The van der Waals surface area contributed by atoms with Crippen molar-refractivity contribution >= 4 is 5.78 Å². The molecule has 0 bridgehead atoms. The maximum atomic E-state index is 12.2. The van der Waals surface area contributed by atoms with E-state index in [1.54, 1.807) is 7.11 Å². The van der Waals surface area contributed by atoms with Crippen molar-refractivity contribution in [1.29, 1.82) is 0 Å².